The molecule has 0 spiro atoms. The number of benzene rings is 1. The van der Waals surface area contributed by atoms with Gasteiger partial charge >= 0.3 is 0 Å². The van der Waals surface area contributed by atoms with Gasteiger partial charge in [-0.25, -0.2) is 0 Å². The molecule has 1 nitrogen and oxygen atoms in total. The molecule has 0 saturated carbocycles. The smallest absolute Gasteiger partial charge is 0.0852 e. The minimum Gasteiger partial charge on any atom is -0.373 e. The SMILES string of the molecule is Cc1cc(C)c(C2CCO2)c(C)c1. The van der Waals surface area contributed by atoms with E-state index >= 15 is 0 Å². The number of aryl methyl sites for hydroxylation is 3. The van der Waals surface area contributed by atoms with Crippen molar-refractivity contribution in [1.82, 2.24) is 0 Å². The van der Waals surface area contributed by atoms with Crippen LogP contribution in [-0.4, -0.2) is 6.61 Å². The molecule has 70 valence electrons. The minimum atomic E-state index is 0.376. The molecule has 1 aliphatic heterocycles. The van der Waals surface area contributed by atoms with Crippen molar-refractivity contribution in [3.8, 4) is 0 Å². The van der Waals surface area contributed by atoms with E-state index in [-0.39, 0.29) is 0 Å². The summed E-state index contributed by atoms with van der Waals surface area (Å²) >= 11 is 0. The Morgan fingerprint density at radius 3 is 2.08 bits per heavy atom. The van der Waals surface area contributed by atoms with Crippen LogP contribution in [0.1, 0.15) is 34.8 Å². The molecule has 1 saturated heterocycles. The van der Waals surface area contributed by atoms with Crippen molar-refractivity contribution in [1.29, 1.82) is 0 Å². The van der Waals surface area contributed by atoms with E-state index < -0.39 is 0 Å². The molecule has 1 aromatic rings. The van der Waals surface area contributed by atoms with E-state index in [1.54, 1.807) is 0 Å². The van der Waals surface area contributed by atoms with E-state index in [1.165, 1.54) is 28.7 Å². The molecule has 0 radical (unpaired) electrons. The molecule has 1 aliphatic rings. The van der Waals surface area contributed by atoms with Crippen LogP contribution >= 0.6 is 0 Å². The van der Waals surface area contributed by atoms with E-state index in [4.69, 9.17) is 4.74 Å². The molecule has 1 heteroatoms. The van der Waals surface area contributed by atoms with E-state index in [9.17, 15) is 0 Å². The van der Waals surface area contributed by atoms with Crippen LogP contribution in [0.2, 0.25) is 0 Å². The third-order valence-electron chi connectivity index (χ3n) is 2.76. The van der Waals surface area contributed by atoms with Gasteiger partial charge in [-0.15, -0.1) is 0 Å². The fourth-order valence-electron chi connectivity index (χ4n) is 2.16. The fraction of sp³-hybridized carbons (Fsp3) is 0.500. The van der Waals surface area contributed by atoms with E-state index in [0.717, 1.165) is 6.61 Å². The summed E-state index contributed by atoms with van der Waals surface area (Å²) in [5.74, 6) is 0. The molecule has 1 unspecified atom stereocenters. The minimum absolute atomic E-state index is 0.376. The first-order chi connectivity index (χ1) is 6.18. The first-order valence-electron chi connectivity index (χ1n) is 4.88. The maximum Gasteiger partial charge on any atom is 0.0852 e. The van der Waals surface area contributed by atoms with E-state index in [2.05, 4.69) is 32.9 Å². The van der Waals surface area contributed by atoms with Crippen LogP contribution in [0.25, 0.3) is 0 Å². The summed E-state index contributed by atoms with van der Waals surface area (Å²) in [5.41, 5.74) is 5.51. The van der Waals surface area contributed by atoms with Gasteiger partial charge in [0.25, 0.3) is 0 Å². The lowest BCUT2D eigenvalue weighted by Crippen LogP contribution is -2.20. The first kappa shape index (κ1) is 8.76. The summed E-state index contributed by atoms with van der Waals surface area (Å²) in [4.78, 5) is 0. The lowest BCUT2D eigenvalue weighted by atomic mass is 9.92. The number of rotatable bonds is 1. The van der Waals surface area contributed by atoms with Gasteiger partial charge in [0, 0.05) is 6.42 Å². The van der Waals surface area contributed by atoms with Gasteiger partial charge in [0.1, 0.15) is 0 Å². The van der Waals surface area contributed by atoms with Gasteiger partial charge in [-0.3, -0.25) is 0 Å². The highest BCUT2D eigenvalue weighted by Gasteiger charge is 2.23. The van der Waals surface area contributed by atoms with Gasteiger partial charge in [-0.05, 0) is 37.5 Å². The zero-order valence-electron chi connectivity index (χ0n) is 8.55. The molecule has 0 amide bonds. The van der Waals surface area contributed by atoms with Gasteiger partial charge in [0.15, 0.2) is 0 Å². The highest BCUT2D eigenvalue weighted by atomic mass is 16.5. The van der Waals surface area contributed by atoms with Gasteiger partial charge in [-0.1, -0.05) is 17.7 Å². The molecule has 0 aromatic heterocycles. The molecule has 2 rings (SSSR count). The Balaban J connectivity index is 2.43. The maximum atomic E-state index is 5.52. The van der Waals surface area contributed by atoms with Crippen LogP contribution in [0.15, 0.2) is 12.1 Å². The molecule has 0 bridgehead atoms. The van der Waals surface area contributed by atoms with Crippen LogP contribution < -0.4 is 0 Å². The summed E-state index contributed by atoms with van der Waals surface area (Å²) in [6.45, 7) is 7.43. The standard InChI is InChI=1S/C12H16O/c1-8-6-9(2)12(10(3)7-8)11-4-5-13-11/h6-7,11H,4-5H2,1-3H3. The van der Waals surface area contributed by atoms with Crippen molar-refractivity contribution in [2.75, 3.05) is 6.61 Å². The predicted molar refractivity (Wildman–Crippen MR) is 54.0 cm³/mol. The van der Waals surface area contributed by atoms with Crippen LogP contribution in [0.4, 0.5) is 0 Å². The monoisotopic (exact) mass is 176 g/mol. The zero-order chi connectivity index (χ0) is 9.42. The van der Waals surface area contributed by atoms with Crippen molar-refractivity contribution < 1.29 is 4.74 Å². The Kier molecular flexibility index (Phi) is 2.12. The van der Waals surface area contributed by atoms with Gasteiger partial charge in [0.05, 0.1) is 12.7 Å². The summed E-state index contributed by atoms with van der Waals surface area (Å²) in [5, 5.41) is 0. The Morgan fingerprint density at radius 1 is 1.15 bits per heavy atom. The average Bonchev–Trinajstić information content (AvgIpc) is 1.92. The summed E-state index contributed by atoms with van der Waals surface area (Å²) in [7, 11) is 0. The van der Waals surface area contributed by atoms with Gasteiger partial charge in [0.2, 0.25) is 0 Å². The van der Waals surface area contributed by atoms with Crippen molar-refractivity contribution in [3.05, 3.63) is 34.4 Å². The Labute approximate surface area is 79.7 Å². The maximum absolute atomic E-state index is 5.52. The van der Waals surface area contributed by atoms with Crippen LogP contribution in [0.5, 0.6) is 0 Å². The highest BCUT2D eigenvalue weighted by molar-refractivity contribution is 5.39. The Hall–Kier alpha value is -0.820. The van der Waals surface area contributed by atoms with Crippen molar-refractivity contribution in [2.24, 2.45) is 0 Å². The summed E-state index contributed by atoms with van der Waals surface area (Å²) in [6.07, 6.45) is 1.56. The normalized spacial score (nSPS) is 21.3. The summed E-state index contributed by atoms with van der Waals surface area (Å²) < 4.78 is 5.52. The van der Waals surface area contributed by atoms with Crippen LogP contribution in [-0.2, 0) is 4.74 Å². The largest absolute Gasteiger partial charge is 0.373 e. The molecular weight excluding hydrogens is 160 g/mol. The molecule has 0 aliphatic carbocycles. The molecule has 13 heavy (non-hydrogen) atoms. The number of hydrogen-bond donors (Lipinski definition) is 0. The Bertz CT molecular complexity index is 301. The van der Waals surface area contributed by atoms with Crippen LogP contribution in [0.3, 0.4) is 0 Å². The average molecular weight is 176 g/mol. The lowest BCUT2D eigenvalue weighted by Gasteiger charge is -2.29. The van der Waals surface area contributed by atoms with Crippen LogP contribution in [0, 0.1) is 20.8 Å². The van der Waals surface area contributed by atoms with Crippen molar-refractivity contribution in [2.45, 2.75) is 33.3 Å². The molecule has 0 N–H and O–H groups in total. The van der Waals surface area contributed by atoms with E-state index in [1.807, 2.05) is 0 Å². The Morgan fingerprint density at radius 2 is 1.69 bits per heavy atom. The van der Waals surface area contributed by atoms with Crippen molar-refractivity contribution in [3.63, 3.8) is 0 Å². The number of ether oxygens (including phenoxy) is 1. The highest BCUT2D eigenvalue weighted by Crippen LogP contribution is 2.34. The second kappa shape index (κ2) is 3.15. The molecule has 1 heterocycles. The van der Waals surface area contributed by atoms with Gasteiger partial charge in [-0.2, -0.15) is 0 Å². The zero-order valence-corrected chi connectivity index (χ0v) is 8.55. The number of hydrogen-bond acceptors (Lipinski definition) is 1. The van der Waals surface area contributed by atoms with Crippen molar-refractivity contribution >= 4 is 0 Å². The third kappa shape index (κ3) is 1.49. The second-order valence-electron chi connectivity index (χ2n) is 3.96. The lowest BCUT2D eigenvalue weighted by molar-refractivity contribution is -0.0534. The topological polar surface area (TPSA) is 9.23 Å². The molecule has 1 atom stereocenters. The molecular formula is C12H16O. The van der Waals surface area contributed by atoms with Gasteiger partial charge < -0.3 is 4.74 Å². The second-order valence-corrected chi connectivity index (χ2v) is 3.96. The summed E-state index contributed by atoms with van der Waals surface area (Å²) in [6, 6.07) is 4.48. The predicted octanol–water partition coefficient (Wildman–Crippen LogP) is 3.07. The first-order valence-corrected chi connectivity index (χ1v) is 4.88. The molecule has 1 fully saturated rings. The molecule has 1 aromatic carbocycles. The third-order valence-corrected chi connectivity index (χ3v) is 2.76. The fourth-order valence-corrected chi connectivity index (χ4v) is 2.16. The van der Waals surface area contributed by atoms with E-state index in [0.29, 0.717) is 6.10 Å². The quantitative estimate of drug-likeness (QED) is 0.639.